The Morgan fingerprint density at radius 3 is 2.26 bits per heavy atom. The second-order valence-electron chi connectivity index (χ2n) is 9.33. The molecule has 2 fully saturated rings. The first-order chi connectivity index (χ1) is 18.1. The first kappa shape index (κ1) is 26.6. The van der Waals surface area contributed by atoms with Gasteiger partial charge in [-0.25, -0.2) is 18.7 Å². The number of hydrazone groups is 1. The summed E-state index contributed by atoms with van der Waals surface area (Å²) < 4.78 is 53.5. The Hall–Kier alpha value is -3.02. The highest BCUT2D eigenvalue weighted by Gasteiger charge is 2.42. The second kappa shape index (κ2) is 10.6. The van der Waals surface area contributed by atoms with Crippen LogP contribution in [0.4, 0.5) is 14.7 Å². The maximum absolute atomic E-state index is 14.0. The molecule has 1 saturated heterocycles. The molecule has 38 heavy (non-hydrogen) atoms. The Kier molecular flexibility index (Phi) is 7.43. The summed E-state index contributed by atoms with van der Waals surface area (Å²) in [6, 6.07) is 8.44. The van der Waals surface area contributed by atoms with Crippen molar-refractivity contribution in [1.29, 1.82) is 0 Å². The number of hydrogen-bond donors (Lipinski definition) is 1. The van der Waals surface area contributed by atoms with Crippen LogP contribution in [0.3, 0.4) is 0 Å². The lowest BCUT2D eigenvalue weighted by atomic mass is 10.0. The zero-order valence-corrected chi connectivity index (χ0v) is 22.6. The molecule has 1 unspecified atom stereocenters. The number of halogens is 4. The molecule has 2 aliphatic rings. The van der Waals surface area contributed by atoms with Gasteiger partial charge in [-0.1, -0.05) is 40.9 Å². The average molecular weight is 581 g/mol. The summed E-state index contributed by atoms with van der Waals surface area (Å²) in [6.07, 6.45) is 4.16. The third-order valence-corrected chi connectivity index (χ3v) is 8.40. The van der Waals surface area contributed by atoms with Crippen LogP contribution >= 0.6 is 23.2 Å². The lowest BCUT2D eigenvalue weighted by Crippen LogP contribution is -2.57. The van der Waals surface area contributed by atoms with Gasteiger partial charge in [0, 0.05) is 19.6 Å². The third kappa shape index (κ3) is 5.69. The van der Waals surface area contributed by atoms with Crippen molar-refractivity contribution in [3.05, 3.63) is 81.6 Å². The van der Waals surface area contributed by atoms with Gasteiger partial charge in [0.1, 0.15) is 5.82 Å². The molecule has 8 nitrogen and oxygen atoms in total. The first-order valence-electron chi connectivity index (χ1n) is 11.9. The summed E-state index contributed by atoms with van der Waals surface area (Å²) in [5.41, 5.74) is 1.13. The van der Waals surface area contributed by atoms with Crippen LogP contribution in [0.2, 0.25) is 10.0 Å². The standard InChI is InChI=1S/C25H24Cl2F2N6O2S/c1-15-2-6-19(7-3-15)38(36,37)33-32-24(23-20(26)10-17(28)11-21(23)27)35-9-8-34(14-22(35)16-4-5-16)25-30-12-18(29)13-31-25/h2-3,6-7,10-13,16,22,33H,4-5,8-9,14H2,1H3/b32-24-. The zero-order valence-electron chi connectivity index (χ0n) is 20.3. The van der Waals surface area contributed by atoms with E-state index in [2.05, 4.69) is 19.9 Å². The van der Waals surface area contributed by atoms with E-state index in [9.17, 15) is 17.2 Å². The number of hydrogen-bond acceptors (Lipinski definition) is 6. The van der Waals surface area contributed by atoms with E-state index in [4.69, 9.17) is 23.2 Å². The normalized spacial score (nSPS) is 18.6. The molecule has 0 radical (unpaired) electrons. The summed E-state index contributed by atoms with van der Waals surface area (Å²) in [4.78, 5) is 14.5. The summed E-state index contributed by atoms with van der Waals surface area (Å²) in [7, 11) is -4.02. The molecule has 1 aliphatic heterocycles. The molecule has 3 aromatic rings. The van der Waals surface area contributed by atoms with Gasteiger partial charge in [-0.05, 0) is 49.9 Å². The van der Waals surface area contributed by atoms with Crippen molar-refractivity contribution < 1.29 is 17.2 Å². The minimum atomic E-state index is -4.02. The zero-order chi connectivity index (χ0) is 27.0. The van der Waals surface area contributed by atoms with Crippen molar-refractivity contribution in [2.24, 2.45) is 11.0 Å². The molecule has 1 aliphatic carbocycles. The van der Waals surface area contributed by atoms with E-state index in [1.807, 2.05) is 16.7 Å². The summed E-state index contributed by atoms with van der Waals surface area (Å²) in [5.74, 6) is -0.280. The fraction of sp³-hybridized carbons (Fsp3) is 0.320. The number of aromatic nitrogens is 2. The number of aryl methyl sites for hydroxylation is 1. The Balaban J connectivity index is 1.52. The Morgan fingerprint density at radius 1 is 1.03 bits per heavy atom. The highest BCUT2D eigenvalue weighted by Crippen LogP contribution is 2.39. The Bertz CT molecular complexity index is 1450. The summed E-state index contributed by atoms with van der Waals surface area (Å²) in [5, 5.41) is 4.33. The van der Waals surface area contributed by atoms with Gasteiger partial charge in [0.15, 0.2) is 11.7 Å². The molecule has 0 amide bonds. The SMILES string of the molecule is Cc1ccc(S(=O)(=O)N/N=C(/c2c(Cl)cc(F)cc2Cl)N2CCN(c3ncc(F)cn3)CC2C2CC2)cc1. The number of nitrogens with zero attached hydrogens (tertiary/aromatic N) is 5. The van der Waals surface area contributed by atoms with Gasteiger partial charge in [0.05, 0.1) is 38.9 Å². The van der Waals surface area contributed by atoms with E-state index in [1.54, 1.807) is 12.1 Å². The van der Waals surface area contributed by atoms with Crippen LogP contribution in [-0.2, 0) is 10.0 Å². The molecule has 0 bridgehead atoms. The highest BCUT2D eigenvalue weighted by molar-refractivity contribution is 7.89. The van der Waals surface area contributed by atoms with Crippen LogP contribution in [-0.4, -0.2) is 54.8 Å². The molecule has 0 spiro atoms. The Morgan fingerprint density at radius 2 is 1.66 bits per heavy atom. The van der Waals surface area contributed by atoms with Crippen LogP contribution in [0.15, 0.2) is 58.8 Å². The predicted octanol–water partition coefficient (Wildman–Crippen LogP) is 4.61. The van der Waals surface area contributed by atoms with Gasteiger partial charge in [-0.15, -0.1) is 5.10 Å². The van der Waals surface area contributed by atoms with E-state index in [-0.39, 0.29) is 38.3 Å². The van der Waals surface area contributed by atoms with Crippen LogP contribution in [0, 0.1) is 24.5 Å². The number of nitrogens with one attached hydrogen (secondary N) is 1. The van der Waals surface area contributed by atoms with E-state index in [0.29, 0.717) is 25.6 Å². The van der Waals surface area contributed by atoms with E-state index >= 15 is 0 Å². The van der Waals surface area contributed by atoms with Gasteiger partial charge >= 0.3 is 0 Å². The van der Waals surface area contributed by atoms with Crippen LogP contribution in [0.5, 0.6) is 0 Å². The van der Waals surface area contributed by atoms with Crippen molar-refractivity contribution >= 4 is 45.0 Å². The number of piperazine rings is 1. The van der Waals surface area contributed by atoms with Crippen molar-refractivity contribution in [3.63, 3.8) is 0 Å². The largest absolute Gasteiger partial charge is 0.348 e. The summed E-state index contributed by atoms with van der Waals surface area (Å²) in [6.45, 7) is 3.16. The molecule has 13 heteroatoms. The quantitative estimate of drug-likeness (QED) is 0.260. The van der Waals surface area contributed by atoms with Crippen molar-refractivity contribution in [3.8, 4) is 0 Å². The van der Waals surface area contributed by atoms with Crippen LogP contribution in [0.1, 0.15) is 24.0 Å². The van der Waals surface area contributed by atoms with E-state index in [1.165, 1.54) is 12.1 Å². The Labute approximate surface area is 229 Å². The van der Waals surface area contributed by atoms with E-state index in [0.717, 1.165) is 42.9 Å². The maximum Gasteiger partial charge on any atom is 0.276 e. The van der Waals surface area contributed by atoms with Crippen molar-refractivity contribution in [2.45, 2.75) is 30.7 Å². The number of benzene rings is 2. The molecule has 200 valence electrons. The lowest BCUT2D eigenvalue weighted by molar-refractivity contribution is 0.252. The molecule has 5 rings (SSSR count). The number of anilines is 1. The van der Waals surface area contributed by atoms with Crippen molar-refractivity contribution in [2.75, 3.05) is 24.5 Å². The van der Waals surface area contributed by atoms with Gasteiger partial charge in [0.2, 0.25) is 5.95 Å². The molecule has 2 heterocycles. The lowest BCUT2D eigenvalue weighted by Gasteiger charge is -2.43. The van der Waals surface area contributed by atoms with Gasteiger partial charge in [-0.3, -0.25) is 0 Å². The smallest absolute Gasteiger partial charge is 0.276 e. The molecule has 1 atom stereocenters. The molecule has 1 N–H and O–H groups in total. The molecule has 1 saturated carbocycles. The third-order valence-electron chi connectivity index (χ3n) is 6.58. The predicted molar refractivity (Wildman–Crippen MR) is 142 cm³/mol. The fourth-order valence-electron chi connectivity index (χ4n) is 4.50. The molecular weight excluding hydrogens is 557 g/mol. The average Bonchev–Trinajstić information content (AvgIpc) is 3.72. The molecular formula is C25H24Cl2F2N6O2S. The second-order valence-corrected chi connectivity index (χ2v) is 11.8. The van der Waals surface area contributed by atoms with Gasteiger partial charge in [0.25, 0.3) is 10.0 Å². The molecule has 1 aromatic heterocycles. The van der Waals surface area contributed by atoms with E-state index < -0.39 is 21.7 Å². The minimum Gasteiger partial charge on any atom is -0.348 e. The highest BCUT2D eigenvalue weighted by atomic mass is 35.5. The number of sulfonamides is 1. The minimum absolute atomic E-state index is 0.00197. The maximum atomic E-state index is 14.0. The van der Waals surface area contributed by atoms with Gasteiger partial charge < -0.3 is 9.80 Å². The van der Waals surface area contributed by atoms with Crippen LogP contribution < -0.4 is 9.73 Å². The fourth-order valence-corrected chi connectivity index (χ4v) is 5.94. The number of rotatable bonds is 6. The molecule has 2 aromatic carbocycles. The van der Waals surface area contributed by atoms with Crippen molar-refractivity contribution in [1.82, 2.24) is 19.7 Å². The summed E-state index contributed by atoms with van der Waals surface area (Å²) >= 11 is 12.9. The number of amidine groups is 1. The van der Waals surface area contributed by atoms with Crippen LogP contribution in [0.25, 0.3) is 0 Å². The van der Waals surface area contributed by atoms with Gasteiger partial charge in [-0.2, -0.15) is 13.2 Å². The monoisotopic (exact) mass is 580 g/mol. The topological polar surface area (TPSA) is 90.8 Å². The first-order valence-corrected chi connectivity index (χ1v) is 14.2.